The minimum Gasteiger partial charge on any atom is -0.497 e. The fourth-order valence-corrected chi connectivity index (χ4v) is 6.07. The Morgan fingerprint density at radius 3 is 2.32 bits per heavy atom. The smallest absolute Gasteiger partial charge is 0.416 e. The van der Waals surface area contributed by atoms with E-state index in [1.54, 1.807) is 49.4 Å². The summed E-state index contributed by atoms with van der Waals surface area (Å²) in [5, 5.41) is 0. The van der Waals surface area contributed by atoms with Crippen LogP contribution in [-0.2, 0) is 16.2 Å². The third-order valence-electron chi connectivity index (χ3n) is 6.41. The molecule has 0 aromatic heterocycles. The van der Waals surface area contributed by atoms with Gasteiger partial charge in [-0.2, -0.15) is 17.5 Å². The minimum absolute atomic E-state index is 0.0370. The summed E-state index contributed by atoms with van der Waals surface area (Å²) in [5.74, 6) is 1.51. The van der Waals surface area contributed by atoms with Crippen molar-refractivity contribution in [2.45, 2.75) is 18.0 Å². The van der Waals surface area contributed by atoms with Crippen molar-refractivity contribution in [1.82, 2.24) is 9.21 Å². The first kappa shape index (κ1) is 25.1. The molecule has 3 aromatic carbocycles. The largest absolute Gasteiger partial charge is 0.497 e. The van der Waals surface area contributed by atoms with Gasteiger partial charge < -0.3 is 14.4 Å². The van der Waals surface area contributed by atoms with E-state index in [0.717, 1.165) is 12.1 Å². The topological polar surface area (TPSA) is 71.4 Å². The van der Waals surface area contributed by atoms with Gasteiger partial charge >= 0.3 is 6.18 Å². The van der Waals surface area contributed by atoms with Gasteiger partial charge in [-0.3, -0.25) is 0 Å². The molecule has 0 unspecified atom stereocenters. The Hall–Kier alpha value is -3.57. The highest BCUT2D eigenvalue weighted by Crippen LogP contribution is 2.42. The van der Waals surface area contributed by atoms with Crippen LogP contribution in [0.25, 0.3) is 0 Å². The number of amidine groups is 1. The lowest BCUT2D eigenvalue weighted by atomic mass is 10.1. The molecule has 0 aliphatic carbocycles. The van der Waals surface area contributed by atoms with Crippen molar-refractivity contribution in [2.75, 3.05) is 33.3 Å². The Morgan fingerprint density at radius 1 is 0.946 bits per heavy atom. The maximum absolute atomic E-state index is 13.4. The van der Waals surface area contributed by atoms with Crippen LogP contribution in [0.2, 0.25) is 0 Å². The number of nitrogens with zero attached hydrogens (tertiary/aromatic N) is 3. The van der Waals surface area contributed by atoms with Crippen molar-refractivity contribution in [3.8, 4) is 17.2 Å². The Balaban J connectivity index is 1.51. The predicted octanol–water partition coefficient (Wildman–Crippen LogP) is 5.21. The van der Waals surface area contributed by atoms with Crippen LogP contribution in [-0.4, -0.2) is 56.7 Å². The van der Waals surface area contributed by atoms with E-state index < -0.39 is 21.8 Å². The van der Waals surface area contributed by atoms with E-state index >= 15 is 0 Å². The number of hydrogen-bond donors (Lipinski definition) is 0. The number of alkyl halides is 3. The molecule has 1 fully saturated rings. The Morgan fingerprint density at radius 2 is 1.65 bits per heavy atom. The molecule has 0 saturated carbocycles. The molecule has 11 heteroatoms. The quantitative estimate of drug-likeness (QED) is 0.464. The zero-order valence-electron chi connectivity index (χ0n) is 20.1. The van der Waals surface area contributed by atoms with Gasteiger partial charge in [-0.05, 0) is 55.0 Å². The van der Waals surface area contributed by atoms with Gasteiger partial charge in [-0.1, -0.05) is 18.2 Å². The number of sulfonamides is 1. The fraction of sp³-hybridized carbons (Fsp3) is 0.269. The van der Waals surface area contributed by atoms with E-state index in [0.29, 0.717) is 28.5 Å². The molecule has 0 N–H and O–H groups in total. The summed E-state index contributed by atoms with van der Waals surface area (Å²) in [6.07, 6.45) is -4.54. The summed E-state index contributed by atoms with van der Waals surface area (Å²) in [6.45, 7) is 2.70. The van der Waals surface area contributed by atoms with Crippen LogP contribution in [0, 0.1) is 6.92 Å². The van der Waals surface area contributed by atoms with Crippen molar-refractivity contribution in [3.63, 3.8) is 0 Å². The van der Waals surface area contributed by atoms with Gasteiger partial charge in [-0.25, -0.2) is 13.4 Å². The molecule has 5 rings (SSSR count). The van der Waals surface area contributed by atoms with Gasteiger partial charge in [0.2, 0.25) is 10.0 Å². The molecule has 0 radical (unpaired) electrons. The van der Waals surface area contributed by atoms with E-state index in [1.165, 1.54) is 17.5 Å². The zero-order chi connectivity index (χ0) is 26.4. The maximum atomic E-state index is 13.4. The highest BCUT2D eigenvalue weighted by atomic mass is 32.2. The number of halogens is 3. The van der Waals surface area contributed by atoms with Crippen molar-refractivity contribution in [3.05, 3.63) is 77.4 Å². The van der Waals surface area contributed by atoms with Crippen LogP contribution in [0.1, 0.15) is 16.7 Å². The van der Waals surface area contributed by atoms with Gasteiger partial charge in [0.15, 0.2) is 5.75 Å². The van der Waals surface area contributed by atoms with Crippen LogP contribution in [0.15, 0.2) is 70.6 Å². The second-order valence-corrected chi connectivity index (χ2v) is 10.6. The fourth-order valence-electron chi connectivity index (χ4n) is 4.43. The van der Waals surface area contributed by atoms with Gasteiger partial charge in [-0.15, -0.1) is 0 Å². The summed E-state index contributed by atoms with van der Waals surface area (Å²) in [5.41, 5.74) is 0.401. The SMILES string of the molecule is COc1ccc2c(c1)C(N1CCN(S(=O)(=O)c3ccccc3C)CC1)=Nc1cc(C(F)(F)F)ccc1O2. The average molecular weight is 532 g/mol. The number of fused-ring (bicyclic) bond motifs is 2. The molecule has 0 spiro atoms. The predicted molar refractivity (Wildman–Crippen MR) is 132 cm³/mol. The summed E-state index contributed by atoms with van der Waals surface area (Å²) < 4.78 is 79.5. The highest BCUT2D eigenvalue weighted by Gasteiger charge is 2.34. The monoisotopic (exact) mass is 531 g/mol. The maximum Gasteiger partial charge on any atom is 0.416 e. The van der Waals surface area contributed by atoms with E-state index in [4.69, 9.17) is 9.47 Å². The zero-order valence-corrected chi connectivity index (χ0v) is 20.9. The van der Waals surface area contributed by atoms with Gasteiger partial charge in [0.25, 0.3) is 0 Å². The normalized spacial score (nSPS) is 16.2. The van der Waals surface area contributed by atoms with E-state index in [9.17, 15) is 21.6 Å². The molecule has 0 amide bonds. The number of rotatable bonds is 3. The number of methoxy groups -OCH3 is 1. The second kappa shape index (κ2) is 9.38. The van der Waals surface area contributed by atoms with Crippen molar-refractivity contribution >= 4 is 21.5 Å². The third kappa shape index (κ3) is 4.76. The number of piperazine rings is 1. The van der Waals surface area contributed by atoms with E-state index in [-0.39, 0.29) is 42.5 Å². The van der Waals surface area contributed by atoms with Crippen LogP contribution < -0.4 is 9.47 Å². The molecule has 2 aliphatic heterocycles. The number of benzene rings is 3. The molecule has 1 saturated heterocycles. The van der Waals surface area contributed by atoms with Crippen molar-refractivity contribution in [1.29, 1.82) is 0 Å². The van der Waals surface area contributed by atoms with Crippen molar-refractivity contribution < 1.29 is 31.1 Å². The summed E-state index contributed by atoms with van der Waals surface area (Å²) in [7, 11) is -2.19. The first-order chi connectivity index (χ1) is 17.6. The molecule has 2 aliphatic rings. The Labute approximate surface area is 212 Å². The molecule has 3 aromatic rings. The minimum atomic E-state index is -4.54. The number of ether oxygens (including phenoxy) is 2. The number of aryl methyl sites for hydroxylation is 1. The average Bonchev–Trinajstić information content (AvgIpc) is 3.04. The molecule has 2 heterocycles. The molecule has 0 atom stereocenters. The third-order valence-corrected chi connectivity index (χ3v) is 8.47. The molecule has 7 nitrogen and oxygen atoms in total. The van der Waals surface area contributed by atoms with Gasteiger partial charge in [0, 0.05) is 26.2 Å². The van der Waals surface area contributed by atoms with Gasteiger partial charge in [0.05, 0.1) is 23.1 Å². The van der Waals surface area contributed by atoms with Crippen LogP contribution in [0.3, 0.4) is 0 Å². The molecule has 194 valence electrons. The van der Waals surface area contributed by atoms with Crippen molar-refractivity contribution in [2.24, 2.45) is 4.99 Å². The highest BCUT2D eigenvalue weighted by molar-refractivity contribution is 7.89. The number of aliphatic imine (C=N–C) groups is 1. The molecular formula is C26H24F3N3O4S. The van der Waals surface area contributed by atoms with E-state index in [2.05, 4.69) is 4.99 Å². The van der Waals surface area contributed by atoms with E-state index in [1.807, 2.05) is 4.90 Å². The summed E-state index contributed by atoms with van der Waals surface area (Å²) in [6, 6.07) is 15.1. The standard InChI is InChI=1S/C26H24F3N3O4S/c1-17-5-3-4-6-24(17)37(33,34)32-13-11-31(12-14-32)25-20-16-19(35-2)8-10-22(20)36-23-9-7-18(26(27,28)29)15-21(23)30-25/h3-10,15-16H,11-14H2,1-2H3. The lowest BCUT2D eigenvalue weighted by molar-refractivity contribution is -0.137. The summed E-state index contributed by atoms with van der Waals surface area (Å²) >= 11 is 0. The lowest BCUT2D eigenvalue weighted by Crippen LogP contribution is -2.50. The first-order valence-electron chi connectivity index (χ1n) is 11.5. The lowest BCUT2D eigenvalue weighted by Gasteiger charge is -2.36. The van der Waals surface area contributed by atoms with Gasteiger partial charge in [0.1, 0.15) is 23.0 Å². The molecule has 0 bridgehead atoms. The summed E-state index contributed by atoms with van der Waals surface area (Å²) in [4.78, 5) is 6.73. The van der Waals surface area contributed by atoms with Crippen LogP contribution in [0.5, 0.6) is 17.2 Å². The van der Waals surface area contributed by atoms with Crippen LogP contribution >= 0.6 is 0 Å². The Kier molecular flexibility index (Phi) is 6.36. The van der Waals surface area contributed by atoms with Crippen LogP contribution in [0.4, 0.5) is 18.9 Å². The molecule has 37 heavy (non-hydrogen) atoms. The second-order valence-electron chi connectivity index (χ2n) is 8.74. The molecular weight excluding hydrogens is 507 g/mol. The number of hydrogen-bond acceptors (Lipinski definition) is 6. The Bertz CT molecular complexity index is 1480. The first-order valence-corrected chi connectivity index (χ1v) is 13.0.